The second-order valence-electron chi connectivity index (χ2n) is 3.52. The second kappa shape index (κ2) is 5.83. The Hall–Kier alpha value is -2.34. The van der Waals surface area contributed by atoms with E-state index in [4.69, 9.17) is 4.74 Å². The van der Waals surface area contributed by atoms with Crippen LogP contribution in [0.3, 0.4) is 0 Å². The van der Waals surface area contributed by atoms with Crippen LogP contribution in [0.4, 0.5) is 5.82 Å². The highest BCUT2D eigenvalue weighted by atomic mass is 16.5. The summed E-state index contributed by atoms with van der Waals surface area (Å²) < 4.78 is 5.05. The summed E-state index contributed by atoms with van der Waals surface area (Å²) in [6.07, 6.45) is 3.11. The van der Waals surface area contributed by atoms with Gasteiger partial charge in [0.2, 0.25) is 5.82 Å². The fourth-order valence-corrected chi connectivity index (χ4v) is 1.44. The predicted octanol–water partition coefficient (Wildman–Crippen LogP) is 1.31. The van der Waals surface area contributed by atoms with Crippen LogP contribution in [-0.4, -0.2) is 22.2 Å². The molecule has 0 aliphatic rings. The van der Waals surface area contributed by atoms with Crippen LogP contribution in [0.2, 0.25) is 0 Å². The van der Waals surface area contributed by atoms with E-state index >= 15 is 0 Å². The Kier molecular flexibility index (Phi) is 3.93. The van der Waals surface area contributed by atoms with Gasteiger partial charge in [0, 0.05) is 24.5 Å². The zero-order chi connectivity index (χ0) is 12.8. The van der Waals surface area contributed by atoms with Crippen molar-refractivity contribution in [2.24, 2.45) is 0 Å². The smallest absolute Gasteiger partial charge is 0.258 e. The van der Waals surface area contributed by atoms with Crippen molar-refractivity contribution in [1.82, 2.24) is 15.4 Å². The molecule has 3 N–H and O–H groups in total. The molecule has 6 heteroatoms. The Morgan fingerprint density at radius 2 is 2.00 bits per heavy atom. The molecule has 0 amide bonds. The molecule has 1 aromatic carbocycles. The fraction of sp³-hybridized carbons (Fsp3) is 0.167. The van der Waals surface area contributed by atoms with Crippen molar-refractivity contribution in [3.8, 4) is 11.6 Å². The minimum atomic E-state index is 0.248. The topological polar surface area (TPSA) is 79.3 Å². The van der Waals surface area contributed by atoms with Crippen LogP contribution in [0, 0.1) is 0 Å². The molecule has 6 nitrogen and oxygen atoms in total. The predicted molar refractivity (Wildman–Crippen MR) is 67.2 cm³/mol. The number of para-hydroxylation sites is 1. The molecule has 0 aliphatic heterocycles. The van der Waals surface area contributed by atoms with Crippen LogP contribution in [0.1, 0.15) is 5.56 Å². The lowest BCUT2D eigenvalue weighted by atomic mass is 10.2. The lowest BCUT2D eigenvalue weighted by Crippen LogP contribution is -2.22. The highest BCUT2D eigenvalue weighted by molar-refractivity contribution is 5.43. The van der Waals surface area contributed by atoms with Crippen LogP contribution in [0.15, 0.2) is 36.7 Å². The first kappa shape index (κ1) is 12.1. The van der Waals surface area contributed by atoms with Crippen molar-refractivity contribution in [3.05, 3.63) is 42.2 Å². The van der Waals surface area contributed by atoms with Crippen LogP contribution < -0.4 is 15.6 Å². The molecule has 2 rings (SSSR count). The third kappa shape index (κ3) is 2.86. The Morgan fingerprint density at radius 1 is 1.22 bits per heavy atom. The number of rotatable bonds is 5. The number of methoxy groups -OCH3 is 1. The first-order chi connectivity index (χ1) is 8.81. The molecule has 0 unspecified atom stereocenters. The van der Waals surface area contributed by atoms with Crippen molar-refractivity contribution in [2.45, 2.75) is 6.54 Å². The highest BCUT2D eigenvalue weighted by Gasteiger charge is 2.04. The largest absolute Gasteiger partial charge is 0.508 e. The molecule has 1 heterocycles. The molecule has 0 bridgehead atoms. The first-order valence-electron chi connectivity index (χ1n) is 5.42. The number of benzene rings is 1. The van der Waals surface area contributed by atoms with Gasteiger partial charge in [-0.2, -0.15) is 0 Å². The molecule has 0 saturated carbocycles. The number of phenolic OH excluding ortho intramolecular Hbond substituents is 1. The lowest BCUT2D eigenvalue weighted by molar-refractivity contribution is 0.397. The average molecular weight is 246 g/mol. The lowest BCUT2D eigenvalue weighted by Gasteiger charge is -2.10. The number of anilines is 1. The number of nitrogens with one attached hydrogen (secondary N) is 2. The van der Waals surface area contributed by atoms with Gasteiger partial charge in [-0.1, -0.05) is 18.2 Å². The Bertz CT molecular complexity index is 519. The van der Waals surface area contributed by atoms with Gasteiger partial charge < -0.3 is 15.3 Å². The number of hydrazine groups is 1. The molecule has 0 saturated heterocycles. The Morgan fingerprint density at radius 3 is 2.78 bits per heavy atom. The SMILES string of the molecule is COc1nccnc1NNCc1ccccc1O. The van der Waals surface area contributed by atoms with E-state index in [2.05, 4.69) is 20.8 Å². The molecule has 0 radical (unpaired) electrons. The summed E-state index contributed by atoms with van der Waals surface area (Å²) in [6.45, 7) is 0.451. The van der Waals surface area contributed by atoms with E-state index in [0.29, 0.717) is 18.2 Å². The van der Waals surface area contributed by atoms with Gasteiger partial charge in [-0.3, -0.25) is 0 Å². The molecule has 18 heavy (non-hydrogen) atoms. The van der Waals surface area contributed by atoms with Gasteiger partial charge in [0.15, 0.2) is 0 Å². The van der Waals surface area contributed by atoms with E-state index in [9.17, 15) is 5.11 Å². The molecule has 0 aliphatic carbocycles. The molecule has 94 valence electrons. The number of aromatic nitrogens is 2. The van der Waals surface area contributed by atoms with Crippen molar-refractivity contribution in [1.29, 1.82) is 0 Å². The zero-order valence-corrected chi connectivity index (χ0v) is 9.92. The van der Waals surface area contributed by atoms with Crippen molar-refractivity contribution in [2.75, 3.05) is 12.5 Å². The van der Waals surface area contributed by atoms with Gasteiger partial charge in [-0.25, -0.2) is 15.4 Å². The maximum atomic E-state index is 9.59. The number of phenols is 1. The van der Waals surface area contributed by atoms with Gasteiger partial charge in [-0.05, 0) is 6.07 Å². The summed E-state index contributed by atoms with van der Waals surface area (Å²) in [5.41, 5.74) is 6.61. The summed E-state index contributed by atoms with van der Waals surface area (Å²) in [6, 6.07) is 7.11. The summed E-state index contributed by atoms with van der Waals surface area (Å²) in [7, 11) is 1.53. The molecule has 0 spiro atoms. The molecule has 0 fully saturated rings. The van der Waals surface area contributed by atoms with Gasteiger partial charge in [0.25, 0.3) is 5.88 Å². The van der Waals surface area contributed by atoms with Gasteiger partial charge in [-0.15, -0.1) is 0 Å². The van der Waals surface area contributed by atoms with E-state index < -0.39 is 0 Å². The highest BCUT2D eigenvalue weighted by Crippen LogP contribution is 2.17. The number of hydrogen-bond donors (Lipinski definition) is 3. The van der Waals surface area contributed by atoms with Crippen LogP contribution in [-0.2, 0) is 6.54 Å². The van der Waals surface area contributed by atoms with Crippen LogP contribution in [0.25, 0.3) is 0 Å². The average Bonchev–Trinajstić information content (AvgIpc) is 2.41. The normalized spacial score (nSPS) is 10.1. The maximum Gasteiger partial charge on any atom is 0.258 e. The van der Waals surface area contributed by atoms with Crippen molar-refractivity contribution in [3.63, 3.8) is 0 Å². The van der Waals surface area contributed by atoms with E-state index in [-0.39, 0.29) is 5.75 Å². The van der Waals surface area contributed by atoms with Crippen molar-refractivity contribution >= 4 is 5.82 Å². The number of ether oxygens (including phenoxy) is 1. The van der Waals surface area contributed by atoms with E-state index in [1.807, 2.05) is 12.1 Å². The van der Waals surface area contributed by atoms with Gasteiger partial charge >= 0.3 is 0 Å². The fourth-order valence-electron chi connectivity index (χ4n) is 1.44. The maximum absolute atomic E-state index is 9.59. The van der Waals surface area contributed by atoms with E-state index in [0.717, 1.165) is 5.56 Å². The summed E-state index contributed by atoms with van der Waals surface area (Å²) in [4.78, 5) is 8.08. The number of aromatic hydroxyl groups is 1. The molecule has 0 atom stereocenters. The third-order valence-electron chi connectivity index (χ3n) is 2.34. The number of nitrogens with zero attached hydrogens (tertiary/aromatic N) is 2. The molecular weight excluding hydrogens is 232 g/mol. The summed E-state index contributed by atoms with van der Waals surface area (Å²) in [5, 5.41) is 9.59. The summed E-state index contributed by atoms with van der Waals surface area (Å²) >= 11 is 0. The number of hydrogen-bond acceptors (Lipinski definition) is 6. The van der Waals surface area contributed by atoms with Crippen LogP contribution >= 0.6 is 0 Å². The standard InChI is InChI=1S/C12H14N4O2/c1-18-12-11(13-6-7-14-12)16-15-8-9-4-2-3-5-10(9)17/h2-7,15,17H,8H2,1H3,(H,13,16). The zero-order valence-electron chi connectivity index (χ0n) is 9.92. The first-order valence-corrected chi connectivity index (χ1v) is 5.42. The van der Waals surface area contributed by atoms with E-state index in [1.165, 1.54) is 7.11 Å². The summed E-state index contributed by atoms with van der Waals surface area (Å²) in [5.74, 6) is 1.15. The minimum Gasteiger partial charge on any atom is -0.508 e. The van der Waals surface area contributed by atoms with E-state index in [1.54, 1.807) is 24.5 Å². The van der Waals surface area contributed by atoms with Gasteiger partial charge in [0.1, 0.15) is 5.75 Å². The van der Waals surface area contributed by atoms with Crippen molar-refractivity contribution < 1.29 is 9.84 Å². The van der Waals surface area contributed by atoms with Crippen LogP contribution in [0.5, 0.6) is 11.6 Å². The monoisotopic (exact) mass is 246 g/mol. The second-order valence-corrected chi connectivity index (χ2v) is 3.52. The Balaban J connectivity index is 1.95. The molecular formula is C12H14N4O2. The third-order valence-corrected chi connectivity index (χ3v) is 2.34. The quantitative estimate of drug-likeness (QED) is 0.690. The minimum absolute atomic E-state index is 0.248. The molecule has 2 aromatic rings. The Labute approximate surface area is 105 Å². The van der Waals surface area contributed by atoms with Gasteiger partial charge in [0.05, 0.1) is 7.11 Å². The molecule has 1 aromatic heterocycles.